The van der Waals surface area contributed by atoms with Crippen molar-refractivity contribution in [3.05, 3.63) is 0 Å². The Morgan fingerprint density at radius 1 is 1.60 bits per heavy atom. The van der Waals surface area contributed by atoms with Crippen molar-refractivity contribution in [1.82, 2.24) is 0 Å². The second-order valence-electron chi connectivity index (χ2n) is 4.73. The lowest BCUT2D eigenvalue weighted by molar-refractivity contribution is -0.145. The highest BCUT2D eigenvalue weighted by Crippen LogP contribution is 2.40. The standard InChI is InChI=1S/C10H21BN2O2/c11-3-1-2-8-4-7(6-12)5-10(8,13)9(14)15/h7-8H,1-6,11-13H2,(H,14,15)/t7-,8-,10-/m0/s1. The highest BCUT2D eigenvalue weighted by Gasteiger charge is 2.49. The lowest BCUT2D eigenvalue weighted by Gasteiger charge is -2.26. The zero-order chi connectivity index (χ0) is 11.5. The van der Waals surface area contributed by atoms with Crippen molar-refractivity contribution in [3.8, 4) is 0 Å². The van der Waals surface area contributed by atoms with Gasteiger partial charge in [-0.2, -0.15) is 0 Å². The average molecular weight is 212 g/mol. The molecule has 5 heteroatoms. The van der Waals surface area contributed by atoms with E-state index in [2.05, 4.69) is 7.85 Å². The highest BCUT2D eigenvalue weighted by atomic mass is 16.4. The molecule has 0 heterocycles. The van der Waals surface area contributed by atoms with Crippen LogP contribution in [0.15, 0.2) is 0 Å². The van der Waals surface area contributed by atoms with Gasteiger partial charge < -0.3 is 16.6 Å². The molecule has 86 valence electrons. The molecule has 0 unspecified atom stereocenters. The summed E-state index contributed by atoms with van der Waals surface area (Å²) in [4.78, 5) is 11.2. The first-order chi connectivity index (χ1) is 7.04. The molecule has 0 spiro atoms. The summed E-state index contributed by atoms with van der Waals surface area (Å²) in [6, 6.07) is 0. The quantitative estimate of drug-likeness (QED) is 0.540. The molecule has 0 aromatic rings. The minimum Gasteiger partial charge on any atom is -0.480 e. The van der Waals surface area contributed by atoms with Crippen LogP contribution in [0.5, 0.6) is 0 Å². The largest absolute Gasteiger partial charge is 0.480 e. The van der Waals surface area contributed by atoms with Crippen molar-refractivity contribution in [3.63, 3.8) is 0 Å². The fourth-order valence-corrected chi connectivity index (χ4v) is 2.61. The van der Waals surface area contributed by atoms with Crippen molar-refractivity contribution < 1.29 is 9.90 Å². The minimum absolute atomic E-state index is 0.100. The fourth-order valence-electron chi connectivity index (χ4n) is 2.61. The van der Waals surface area contributed by atoms with Gasteiger partial charge in [-0.25, -0.2) is 0 Å². The third-order valence-electron chi connectivity index (χ3n) is 3.61. The Bertz CT molecular complexity index is 237. The topological polar surface area (TPSA) is 89.3 Å². The Morgan fingerprint density at radius 3 is 2.73 bits per heavy atom. The molecule has 15 heavy (non-hydrogen) atoms. The molecule has 1 aliphatic carbocycles. The van der Waals surface area contributed by atoms with Gasteiger partial charge in [0, 0.05) is 0 Å². The van der Waals surface area contributed by atoms with Crippen molar-refractivity contribution >= 4 is 13.8 Å². The Morgan fingerprint density at radius 2 is 2.27 bits per heavy atom. The molecule has 5 N–H and O–H groups in total. The van der Waals surface area contributed by atoms with Crippen LogP contribution in [0.2, 0.25) is 6.32 Å². The average Bonchev–Trinajstić information content (AvgIpc) is 2.54. The highest BCUT2D eigenvalue weighted by molar-refractivity contribution is 6.08. The van der Waals surface area contributed by atoms with Gasteiger partial charge in [0.25, 0.3) is 0 Å². The summed E-state index contributed by atoms with van der Waals surface area (Å²) in [5, 5.41) is 9.19. The normalized spacial score (nSPS) is 35.6. The summed E-state index contributed by atoms with van der Waals surface area (Å²) in [7, 11) is 2.11. The number of carbonyl (C=O) groups is 1. The van der Waals surface area contributed by atoms with Crippen molar-refractivity contribution in [1.29, 1.82) is 0 Å². The van der Waals surface area contributed by atoms with Crippen LogP contribution in [0.25, 0.3) is 0 Å². The van der Waals surface area contributed by atoms with E-state index in [1.54, 1.807) is 0 Å². The zero-order valence-electron chi connectivity index (χ0n) is 9.41. The molecule has 1 fully saturated rings. The van der Waals surface area contributed by atoms with Crippen molar-refractivity contribution in [2.24, 2.45) is 23.3 Å². The molecule has 1 rings (SSSR count). The van der Waals surface area contributed by atoms with E-state index in [-0.39, 0.29) is 11.8 Å². The van der Waals surface area contributed by atoms with Crippen molar-refractivity contribution in [2.45, 2.75) is 37.5 Å². The smallest absolute Gasteiger partial charge is 0.323 e. The van der Waals surface area contributed by atoms with Crippen LogP contribution < -0.4 is 11.5 Å². The van der Waals surface area contributed by atoms with Gasteiger partial charge in [0.1, 0.15) is 13.4 Å². The first kappa shape index (κ1) is 12.5. The fraction of sp³-hybridized carbons (Fsp3) is 0.900. The van der Waals surface area contributed by atoms with Gasteiger partial charge >= 0.3 is 5.97 Å². The first-order valence-electron chi connectivity index (χ1n) is 5.77. The molecule has 0 bridgehead atoms. The summed E-state index contributed by atoms with van der Waals surface area (Å²) in [6.45, 7) is 0.550. The lowest BCUT2D eigenvalue weighted by Crippen LogP contribution is -2.51. The Kier molecular flexibility index (Phi) is 4.17. The van der Waals surface area contributed by atoms with E-state index in [4.69, 9.17) is 11.5 Å². The molecule has 0 amide bonds. The summed E-state index contributed by atoms with van der Waals surface area (Å²) in [5.74, 6) is -0.476. The van der Waals surface area contributed by atoms with Crippen LogP contribution in [-0.2, 0) is 4.79 Å². The molecular formula is C10H21BN2O2. The van der Waals surface area contributed by atoms with Crippen LogP contribution in [0.4, 0.5) is 0 Å². The molecule has 0 radical (unpaired) electrons. The van der Waals surface area contributed by atoms with Gasteiger partial charge in [0.2, 0.25) is 0 Å². The number of aliphatic carboxylic acids is 1. The summed E-state index contributed by atoms with van der Waals surface area (Å²) in [5.41, 5.74) is 10.6. The summed E-state index contributed by atoms with van der Waals surface area (Å²) >= 11 is 0. The monoisotopic (exact) mass is 212 g/mol. The Hall–Kier alpha value is -0.545. The van der Waals surface area contributed by atoms with E-state index in [0.29, 0.717) is 13.0 Å². The van der Waals surface area contributed by atoms with E-state index in [9.17, 15) is 9.90 Å². The van der Waals surface area contributed by atoms with Gasteiger partial charge in [-0.3, -0.25) is 4.79 Å². The number of hydrogen-bond donors (Lipinski definition) is 3. The van der Waals surface area contributed by atoms with E-state index < -0.39 is 11.5 Å². The summed E-state index contributed by atoms with van der Waals surface area (Å²) in [6.07, 6.45) is 4.45. The van der Waals surface area contributed by atoms with Crippen LogP contribution in [0.3, 0.4) is 0 Å². The van der Waals surface area contributed by atoms with Crippen LogP contribution in [-0.4, -0.2) is 31.0 Å². The van der Waals surface area contributed by atoms with Gasteiger partial charge in [-0.1, -0.05) is 12.7 Å². The second-order valence-corrected chi connectivity index (χ2v) is 4.73. The lowest BCUT2D eigenvalue weighted by atomic mass is 9.83. The Labute approximate surface area is 91.8 Å². The second kappa shape index (κ2) is 4.99. The van der Waals surface area contributed by atoms with E-state index in [0.717, 1.165) is 25.6 Å². The van der Waals surface area contributed by atoms with E-state index >= 15 is 0 Å². The number of nitrogens with two attached hydrogens (primary N) is 2. The maximum Gasteiger partial charge on any atom is 0.323 e. The number of carboxylic acids is 1. The van der Waals surface area contributed by atoms with E-state index in [1.807, 2.05) is 0 Å². The van der Waals surface area contributed by atoms with Crippen LogP contribution >= 0.6 is 0 Å². The molecule has 3 atom stereocenters. The SMILES string of the molecule is BCCC[C@H]1C[C@H](CN)C[C@@]1(N)C(=O)O. The van der Waals surface area contributed by atoms with E-state index in [1.165, 1.54) is 0 Å². The molecular weight excluding hydrogens is 191 g/mol. The Balaban J connectivity index is 2.69. The molecule has 1 saturated carbocycles. The van der Waals surface area contributed by atoms with Gasteiger partial charge in [-0.15, -0.1) is 0 Å². The molecule has 0 aliphatic heterocycles. The number of rotatable bonds is 5. The molecule has 0 aromatic carbocycles. The molecule has 4 nitrogen and oxygen atoms in total. The number of hydrogen-bond acceptors (Lipinski definition) is 3. The predicted molar refractivity (Wildman–Crippen MR) is 62.4 cm³/mol. The van der Waals surface area contributed by atoms with Crippen molar-refractivity contribution in [2.75, 3.05) is 6.54 Å². The van der Waals surface area contributed by atoms with Gasteiger partial charge in [0.15, 0.2) is 0 Å². The predicted octanol–water partition coefficient (Wildman–Crippen LogP) is -0.415. The minimum atomic E-state index is -1.03. The number of carboxylic acid groups (broad SMARTS) is 1. The molecule has 0 aromatic heterocycles. The van der Waals surface area contributed by atoms with Gasteiger partial charge in [-0.05, 0) is 37.6 Å². The maximum absolute atomic E-state index is 11.2. The first-order valence-corrected chi connectivity index (χ1v) is 5.77. The van der Waals surface area contributed by atoms with Crippen LogP contribution in [0.1, 0.15) is 25.7 Å². The zero-order valence-corrected chi connectivity index (χ0v) is 9.41. The summed E-state index contributed by atoms with van der Waals surface area (Å²) < 4.78 is 0. The molecule has 0 saturated heterocycles. The van der Waals surface area contributed by atoms with Crippen LogP contribution in [0, 0.1) is 11.8 Å². The maximum atomic E-state index is 11.2. The van der Waals surface area contributed by atoms with Gasteiger partial charge in [0.05, 0.1) is 0 Å². The third kappa shape index (κ3) is 2.52. The third-order valence-corrected chi connectivity index (χ3v) is 3.61. The molecule has 1 aliphatic rings.